The zero-order valence-electron chi connectivity index (χ0n) is 11.5. The van der Waals surface area contributed by atoms with Crippen LogP contribution in [-0.2, 0) is 4.74 Å². The highest BCUT2D eigenvalue weighted by atomic mass is 35.5. The second-order valence-electron chi connectivity index (χ2n) is 4.03. The molecule has 0 fully saturated rings. The molecule has 0 aliphatic heterocycles. The monoisotopic (exact) mass is 345 g/mol. The number of anilines is 1. The van der Waals surface area contributed by atoms with E-state index < -0.39 is 17.5 Å². The van der Waals surface area contributed by atoms with E-state index in [1.54, 1.807) is 0 Å². The third-order valence-corrected chi connectivity index (χ3v) is 3.45. The van der Waals surface area contributed by atoms with E-state index in [9.17, 15) is 9.18 Å². The SMILES string of the molecule is COC(=O)c1nc(-c2ccc(OC)nc2Cl)c(F)c(N)c1Cl. The molecule has 0 amide bonds. The topological polar surface area (TPSA) is 87.3 Å². The third kappa shape index (κ3) is 2.77. The molecule has 2 N–H and O–H groups in total. The van der Waals surface area contributed by atoms with Gasteiger partial charge >= 0.3 is 5.97 Å². The van der Waals surface area contributed by atoms with Crippen LogP contribution < -0.4 is 10.5 Å². The molecule has 2 heterocycles. The lowest BCUT2D eigenvalue weighted by Gasteiger charge is -2.11. The first kappa shape index (κ1) is 16.3. The molecule has 0 unspecified atom stereocenters. The van der Waals surface area contributed by atoms with Gasteiger partial charge in [0, 0.05) is 11.6 Å². The van der Waals surface area contributed by atoms with E-state index in [-0.39, 0.29) is 33.0 Å². The van der Waals surface area contributed by atoms with Crippen molar-refractivity contribution >= 4 is 34.9 Å². The summed E-state index contributed by atoms with van der Waals surface area (Å²) in [6, 6.07) is 2.90. The van der Waals surface area contributed by atoms with Crippen molar-refractivity contribution in [2.45, 2.75) is 0 Å². The van der Waals surface area contributed by atoms with Crippen LogP contribution in [0.2, 0.25) is 10.2 Å². The second-order valence-corrected chi connectivity index (χ2v) is 4.77. The van der Waals surface area contributed by atoms with Gasteiger partial charge in [0.05, 0.1) is 24.9 Å². The van der Waals surface area contributed by atoms with Crippen molar-refractivity contribution in [2.75, 3.05) is 20.0 Å². The number of rotatable bonds is 3. The van der Waals surface area contributed by atoms with Crippen LogP contribution in [0.25, 0.3) is 11.3 Å². The Morgan fingerprint density at radius 1 is 1.27 bits per heavy atom. The van der Waals surface area contributed by atoms with Crippen molar-refractivity contribution in [3.05, 3.63) is 33.8 Å². The number of nitrogens with two attached hydrogens (primary N) is 1. The minimum Gasteiger partial charge on any atom is -0.481 e. The highest BCUT2D eigenvalue weighted by Gasteiger charge is 2.24. The van der Waals surface area contributed by atoms with Crippen LogP contribution in [0.4, 0.5) is 10.1 Å². The minimum atomic E-state index is -0.911. The zero-order valence-corrected chi connectivity index (χ0v) is 13.0. The van der Waals surface area contributed by atoms with Crippen LogP contribution in [0.15, 0.2) is 12.1 Å². The van der Waals surface area contributed by atoms with Gasteiger partial charge in [-0.05, 0) is 6.07 Å². The molecule has 116 valence electrons. The van der Waals surface area contributed by atoms with Gasteiger partial charge < -0.3 is 15.2 Å². The number of esters is 1. The molecule has 0 aliphatic carbocycles. The Hall–Kier alpha value is -2.12. The van der Waals surface area contributed by atoms with Crippen LogP contribution in [0.1, 0.15) is 10.5 Å². The highest BCUT2D eigenvalue weighted by molar-refractivity contribution is 6.36. The van der Waals surface area contributed by atoms with Gasteiger partial charge in [0.25, 0.3) is 0 Å². The number of halogens is 3. The summed E-state index contributed by atoms with van der Waals surface area (Å²) in [5.74, 6) is -1.52. The zero-order chi connectivity index (χ0) is 16.4. The number of carbonyl (C=O) groups excluding carboxylic acids is 1. The molecule has 0 saturated carbocycles. The number of pyridine rings is 2. The Morgan fingerprint density at radius 3 is 2.50 bits per heavy atom. The highest BCUT2D eigenvalue weighted by Crippen LogP contribution is 2.35. The molecule has 9 heteroatoms. The largest absolute Gasteiger partial charge is 0.481 e. The Balaban J connectivity index is 2.70. The van der Waals surface area contributed by atoms with Crippen molar-refractivity contribution in [3.63, 3.8) is 0 Å². The van der Waals surface area contributed by atoms with Gasteiger partial charge in [0.1, 0.15) is 10.8 Å². The van der Waals surface area contributed by atoms with Crippen LogP contribution >= 0.6 is 23.2 Å². The van der Waals surface area contributed by atoms with Gasteiger partial charge in [-0.2, -0.15) is 0 Å². The molecular formula is C13H10Cl2FN3O3. The van der Waals surface area contributed by atoms with Crippen molar-refractivity contribution < 1.29 is 18.7 Å². The second kappa shape index (κ2) is 6.33. The van der Waals surface area contributed by atoms with E-state index in [4.69, 9.17) is 33.7 Å². The summed E-state index contributed by atoms with van der Waals surface area (Å²) in [5.41, 5.74) is 4.70. The van der Waals surface area contributed by atoms with E-state index in [1.807, 2.05) is 0 Å². The van der Waals surface area contributed by atoms with Gasteiger partial charge in [-0.1, -0.05) is 23.2 Å². The molecule has 2 rings (SSSR count). The predicted molar refractivity (Wildman–Crippen MR) is 79.7 cm³/mol. The minimum absolute atomic E-state index is 0.0664. The molecule has 0 bridgehead atoms. The van der Waals surface area contributed by atoms with Gasteiger partial charge in [-0.3, -0.25) is 0 Å². The maximum absolute atomic E-state index is 14.3. The van der Waals surface area contributed by atoms with E-state index in [0.29, 0.717) is 0 Å². The van der Waals surface area contributed by atoms with E-state index in [0.717, 1.165) is 7.11 Å². The number of ether oxygens (including phenoxy) is 2. The number of hydrogen-bond donors (Lipinski definition) is 1. The van der Waals surface area contributed by atoms with Crippen molar-refractivity contribution in [1.29, 1.82) is 0 Å². The molecule has 0 radical (unpaired) electrons. The van der Waals surface area contributed by atoms with Crippen LogP contribution in [-0.4, -0.2) is 30.2 Å². The summed E-state index contributed by atoms with van der Waals surface area (Å²) in [6.45, 7) is 0. The predicted octanol–water partition coefficient (Wildman–Crippen LogP) is 2.97. The van der Waals surface area contributed by atoms with Crippen molar-refractivity contribution in [2.24, 2.45) is 0 Å². The van der Waals surface area contributed by atoms with E-state index in [1.165, 1.54) is 19.2 Å². The number of nitrogen functional groups attached to an aromatic ring is 1. The van der Waals surface area contributed by atoms with Gasteiger partial charge in [0.2, 0.25) is 5.88 Å². The summed E-state index contributed by atoms with van der Waals surface area (Å²) in [4.78, 5) is 19.4. The molecule has 2 aromatic rings. The van der Waals surface area contributed by atoms with E-state index in [2.05, 4.69) is 14.7 Å². The summed E-state index contributed by atoms with van der Waals surface area (Å²) in [6.07, 6.45) is 0. The molecule has 0 spiro atoms. The molecule has 2 aromatic heterocycles. The average Bonchev–Trinajstić information content (AvgIpc) is 2.52. The maximum atomic E-state index is 14.3. The first-order chi connectivity index (χ1) is 10.4. The lowest BCUT2D eigenvalue weighted by molar-refractivity contribution is 0.0594. The van der Waals surface area contributed by atoms with Crippen molar-refractivity contribution in [3.8, 4) is 17.1 Å². The number of methoxy groups -OCH3 is 2. The molecule has 0 atom stereocenters. The summed E-state index contributed by atoms with van der Waals surface area (Å²) in [5, 5.41) is -0.394. The number of carbonyl (C=O) groups is 1. The normalized spacial score (nSPS) is 10.4. The fourth-order valence-corrected chi connectivity index (χ4v) is 2.12. The summed E-state index contributed by atoms with van der Waals surface area (Å²) >= 11 is 11.8. The fraction of sp³-hybridized carbons (Fsp3) is 0.154. The summed E-state index contributed by atoms with van der Waals surface area (Å²) in [7, 11) is 2.55. The number of hydrogen-bond acceptors (Lipinski definition) is 6. The Morgan fingerprint density at radius 2 is 1.95 bits per heavy atom. The Bertz CT molecular complexity index is 756. The number of nitrogens with zero attached hydrogens (tertiary/aromatic N) is 2. The lowest BCUT2D eigenvalue weighted by Crippen LogP contribution is -2.10. The number of aromatic nitrogens is 2. The van der Waals surface area contributed by atoms with Crippen LogP contribution in [0, 0.1) is 5.82 Å². The molecular weight excluding hydrogens is 336 g/mol. The fourth-order valence-electron chi connectivity index (χ4n) is 1.68. The third-order valence-electron chi connectivity index (χ3n) is 2.78. The molecule has 0 aromatic carbocycles. The molecule has 0 saturated heterocycles. The van der Waals surface area contributed by atoms with Gasteiger partial charge in [0.15, 0.2) is 11.5 Å². The molecule has 6 nitrogen and oxygen atoms in total. The smallest absolute Gasteiger partial charge is 0.358 e. The first-order valence-electron chi connectivity index (χ1n) is 5.84. The molecule has 22 heavy (non-hydrogen) atoms. The maximum Gasteiger partial charge on any atom is 0.358 e. The van der Waals surface area contributed by atoms with Crippen LogP contribution in [0.5, 0.6) is 5.88 Å². The average molecular weight is 346 g/mol. The first-order valence-corrected chi connectivity index (χ1v) is 6.60. The molecule has 0 aliphatic rings. The van der Waals surface area contributed by atoms with Crippen molar-refractivity contribution in [1.82, 2.24) is 9.97 Å². The van der Waals surface area contributed by atoms with Crippen LogP contribution in [0.3, 0.4) is 0 Å². The lowest BCUT2D eigenvalue weighted by atomic mass is 10.1. The van der Waals surface area contributed by atoms with E-state index >= 15 is 0 Å². The van der Waals surface area contributed by atoms with Gasteiger partial charge in [-0.15, -0.1) is 0 Å². The quantitative estimate of drug-likeness (QED) is 0.679. The standard InChI is InChI=1S/C13H10Cl2FN3O3/c1-21-6-4-3-5(12(15)18-6)10-8(16)9(17)7(14)11(19-10)13(20)22-2/h3-4H,1-2H3,(H2,17,19). The Kier molecular flexibility index (Phi) is 4.68. The van der Waals surface area contributed by atoms with Gasteiger partial charge in [-0.25, -0.2) is 19.2 Å². The summed E-state index contributed by atoms with van der Waals surface area (Å²) < 4.78 is 23.8. The Labute approximate surface area is 135 Å².